The Morgan fingerprint density at radius 3 is 2.54 bits per heavy atom. The highest BCUT2D eigenvalue weighted by atomic mass is 16.5. The van der Waals surface area contributed by atoms with E-state index in [9.17, 15) is 0 Å². The molecular formula is C10H23NO2. The van der Waals surface area contributed by atoms with Crippen molar-refractivity contribution in [2.45, 2.75) is 20.3 Å². The second-order valence-electron chi connectivity index (χ2n) is 3.56. The Balaban J connectivity index is 2.84. The lowest BCUT2D eigenvalue weighted by atomic mass is 10.2. The van der Waals surface area contributed by atoms with Gasteiger partial charge in [-0.3, -0.25) is 0 Å². The summed E-state index contributed by atoms with van der Waals surface area (Å²) in [6, 6.07) is 0. The Labute approximate surface area is 81.8 Å². The molecule has 0 aromatic carbocycles. The topological polar surface area (TPSA) is 30.5 Å². The number of hydrogen-bond acceptors (Lipinski definition) is 3. The van der Waals surface area contributed by atoms with E-state index >= 15 is 0 Å². The van der Waals surface area contributed by atoms with Crippen molar-refractivity contribution >= 4 is 0 Å². The third kappa shape index (κ3) is 11.9. The highest BCUT2D eigenvalue weighted by molar-refractivity contribution is 4.50. The Morgan fingerprint density at radius 2 is 1.92 bits per heavy atom. The maximum Gasteiger partial charge on any atom is 0.0700 e. The highest BCUT2D eigenvalue weighted by Crippen LogP contribution is 1.87. The second kappa shape index (κ2) is 9.96. The van der Waals surface area contributed by atoms with Crippen LogP contribution in [0.3, 0.4) is 0 Å². The SMILES string of the molecule is COCCOCCCNCC(C)C. The van der Waals surface area contributed by atoms with Crippen LogP contribution in [0.1, 0.15) is 20.3 Å². The molecule has 0 aliphatic heterocycles. The predicted molar refractivity (Wildman–Crippen MR) is 55.0 cm³/mol. The number of hydrogen-bond donors (Lipinski definition) is 1. The largest absolute Gasteiger partial charge is 0.382 e. The van der Waals surface area contributed by atoms with Gasteiger partial charge in [0.1, 0.15) is 0 Å². The van der Waals surface area contributed by atoms with E-state index in [1.165, 1.54) is 0 Å². The third-order valence-electron chi connectivity index (χ3n) is 1.63. The molecule has 13 heavy (non-hydrogen) atoms. The van der Waals surface area contributed by atoms with Gasteiger partial charge in [-0.1, -0.05) is 13.8 Å². The van der Waals surface area contributed by atoms with Gasteiger partial charge in [-0.2, -0.15) is 0 Å². The summed E-state index contributed by atoms with van der Waals surface area (Å²) in [5.41, 5.74) is 0. The fraction of sp³-hybridized carbons (Fsp3) is 1.00. The van der Waals surface area contributed by atoms with E-state index in [0.717, 1.165) is 32.0 Å². The van der Waals surface area contributed by atoms with Gasteiger partial charge in [-0.05, 0) is 25.4 Å². The predicted octanol–water partition coefficient (Wildman–Crippen LogP) is 1.29. The van der Waals surface area contributed by atoms with E-state index in [2.05, 4.69) is 19.2 Å². The first-order valence-electron chi connectivity index (χ1n) is 5.04. The first-order valence-corrected chi connectivity index (χ1v) is 5.04. The Bertz CT molecular complexity index is 96.9. The summed E-state index contributed by atoms with van der Waals surface area (Å²) >= 11 is 0. The molecule has 3 nitrogen and oxygen atoms in total. The van der Waals surface area contributed by atoms with Gasteiger partial charge >= 0.3 is 0 Å². The van der Waals surface area contributed by atoms with Gasteiger partial charge < -0.3 is 14.8 Å². The van der Waals surface area contributed by atoms with Gasteiger partial charge in [0.25, 0.3) is 0 Å². The monoisotopic (exact) mass is 189 g/mol. The molecule has 0 radical (unpaired) electrons. The zero-order valence-corrected chi connectivity index (χ0v) is 9.14. The summed E-state index contributed by atoms with van der Waals surface area (Å²) in [4.78, 5) is 0. The Hall–Kier alpha value is -0.120. The van der Waals surface area contributed by atoms with E-state index in [4.69, 9.17) is 9.47 Å². The van der Waals surface area contributed by atoms with Crippen LogP contribution >= 0.6 is 0 Å². The summed E-state index contributed by atoms with van der Waals surface area (Å²) in [5.74, 6) is 0.731. The smallest absolute Gasteiger partial charge is 0.0700 e. The van der Waals surface area contributed by atoms with E-state index in [0.29, 0.717) is 13.2 Å². The molecule has 1 N–H and O–H groups in total. The lowest BCUT2D eigenvalue weighted by Crippen LogP contribution is -2.21. The molecule has 0 rings (SSSR count). The minimum atomic E-state index is 0.694. The van der Waals surface area contributed by atoms with Gasteiger partial charge in [0.2, 0.25) is 0 Å². The number of methoxy groups -OCH3 is 1. The van der Waals surface area contributed by atoms with Crippen LogP contribution in [0, 0.1) is 5.92 Å². The van der Waals surface area contributed by atoms with Crippen molar-refractivity contribution in [3.05, 3.63) is 0 Å². The van der Waals surface area contributed by atoms with E-state index in [-0.39, 0.29) is 0 Å². The molecule has 80 valence electrons. The van der Waals surface area contributed by atoms with Crippen molar-refractivity contribution in [1.29, 1.82) is 0 Å². The van der Waals surface area contributed by atoms with Crippen molar-refractivity contribution < 1.29 is 9.47 Å². The number of ether oxygens (including phenoxy) is 2. The highest BCUT2D eigenvalue weighted by Gasteiger charge is 1.92. The van der Waals surface area contributed by atoms with Gasteiger partial charge in [0.05, 0.1) is 13.2 Å². The van der Waals surface area contributed by atoms with Crippen LogP contribution in [0.2, 0.25) is 0 Å². The van der Waals surface area contributed by atoms with Crippen LogP contribution < -0.4 is 5.32 Å². The fourth-order valence-corrected chi connectivity index (χ4v) is 0.934. The molecule has 0 aromatic rings. The normalized spacial score (nSPS) is 11.1. The fourth-order valence-electron chi connectivity index (χ4n) is 0.934. The molecule has 0 aliphatic carbocycles. The second-order valence-corrected chi connectivity index (χ2v) is 3.56. The molecule has 0 heterocycles. The minimum absolute atomic E-state index is 0.694. The summed E-state index contributed by atoms with van der Waals surface area (Å²) in [6.07, 6.45) is 1.08. The van der Waals surface area contributed by atoms with Gasteiger partial charge in [-0.15, -0.1) is 0 Å². The van der Waals surface area contributed by atoms with Crippen LogP contribution in [-0.4, -0.2) is 40.0 Å². The van der Waals surface area contributed by atoms with Crippen LogP contribution in [0.15, 0.2) is 0 Å². The molecule has 0 saturated heterocycles. The lowest BCUT2D eigenvalue weighted by molar-refractivity contribution is 0.0694. The van der Waals surface area contributed by atoms with Crippen LogP contribution in [0.25, 0.3) is 0 Å². The number of rotatable bonds is 9. The standard InChI is InChI=1S/C10H23NO2/c1-10(2)9-11-5-4-6-13-8-7-12-3/h10-11H,4-9H2,1-3H3. The summed E-state index contributed by atoms with van der Waals surface area (Å²) in [6.45, 7) is 8.79. The van der Waals surface area contributed by atoms with E-state index in [1.54, 1.807) is 7.11 Å². The van der Waals surface area contributed by atoms with Gasteiger partial charge in [0, 0.05) is 13.7 Å². The Morgan fingerprint density at radius 1 is 1.15 bits per heavy atom. The summed E-state index contributed by atoms with van der Waals surface area (Å²) < 4.78 is 10.2. The molecular weight excluding hydrogens is 166 g/mol. The van der Waals surface area contributed by atoms with Gasteiger partial charge in [-0.25, -0.2) is 0 Å². The average Bonchev–Trinajstić information content (AvgIpc) is 2.09. The van der Waals surface area contributed by atoms with Crippen molar-refractivity contribution in [2.24, 2.45) is 5.92 Å². The van der Waals surface area contributed by atoms with E-state index < -0.39 is 0 Å². The average molecular weight is 189 g/mol. The van der Waals surface area contributed by atoms with E-state index in [1.807, 2.05) is 0 Å². The first-order chi connectivity index (χ1) is 6.27. The molecule has 0 aromatic heterocycles. The molecule has 0 atom stereocenters. The molecule has 0 amide bonds. The van der Waals surface area contributed by atoms with Crippen molar-refractivity contribution in [3.63, 3.8) is 0 Å². The van der Waals surface area contributed by atoms with Crippen molar-refractivity contribution in [2.75, 3.05) is 40.0 Å². The zero-order chi connectivity index (χ0) is 9.94. The quantitative estimate of drug-likeness (QED) is 0.554. The third-order valence-corrected chi connectivity index (χ3v) is 1.63. The molecule has 0 fully saturated rings. The summed E-state index contributed by atoms with van der Waals surface area (Å²) in [5, 5.41) is 3.36. The van der Waals surface area contributed by atoms with Crippen LogP contribution in [0.5, 0.6) is 0 Å². The van der Waals surface area contributed by atoms with Crippen molar-refractivity contribution in [3.8, 4) is 0 Å². The minimum Gasteiger partial charge on any atom is -0.382 e. The molecule has 0 spiro atoms. The first kappa shape index (κ1) is 12.9. The Kier molecular flexibility index (Phi) is 9.87. The van der Waals surface area contributed by atoms with Crippen LogP contribution in [0.4, 0.5) is 0 Å². The van der Waals surface area contributed by atoms with Crippen molar-refractivity contribution in [1.82, 2.24) is 5.32 Å². The van der Waals surface area contributed by atoms with Gasteiger partial charge in [0.15, 0.2) is 0 Å². The molecule has 3 heteroatoms. The molecule has 0 unspecified atom stereocenters. The maximum absolute atomic E-state index is 5.32. The number of nitrogens with one attached hydrogen (secondary N) is 1. The van der Waals surface area contributed by atoms with Crippen LogP contribution in [-0.2, 0) is 9.47 Å². The molecule has 0 aliphatic rings. The summed E-state index contributed by atoms with van der Waals surface area (Å²) in [7, 11) is 1.69. The maximum atomic E-state index is 5.32. The lowest BCUT2D eigenvalue weighted by Gasteiger charge is -2.07. The molecule has 0 bridgehead atoms. The molecule has 0 saturated carbocycles. The zero-order valence-electron chi connectivity index (χ0n) is 9.14.